The van der Waals surface area contributed by atoms with Crippen LogP contribution in [-0.2, 0) is 11.7 Å². The highest BCUT2D eigenvalue weighted by Gasteiger charge is 2.07. The molecule has 54 heavy (non-hydrogen) atoms. The summed E-state index contributed by atoms with van der Waals surface area (Å²) < 4.78 is 12.1. The quantitative estimate of drug-likeness (QED) is 0.0622. The van der Waals surface area contributed by atoms with E-state index in [-0.39, 0.29) is 6.61 Å². The van der Waals surface area contributed by atoms with Gasteiger partial charge in [-0.3, -0.25) is 0 Å². The molecule has 0 bridgehead atoms. The van der Waals surface area contributed by atoms with E-state index in [0.717, 1.165) is 36.5 Å². The summed E-state index contributed by atoms with van der Waals surface area (Å²) in [5.74, 6) is 1.56. The molecular weight excluding hydrogens is 661 g/mol. The van der Waals surface area contributed by atoms with Crippen molar-refractivity contribution in [2.24, 2.45) is 0 Å². The topological polar surface area (TPSA) is 38.4 Å². The first-order chi connectivity index (χ1) is 26.8. The predicted molar refractivity (Wildman–Crippen MR) is 238 cm³/mol. The Morgan fingerprint density at radius 3 is 0.870 bits per heavy atom. The predicted octanol–water partition coefficient (Wildman–Crippen LogP) is 18.0. The van der Waals surface area contributed by atoms with Crippen LogP contribution in [0.25, 0.3) is 0 Å². The fourth-order valence-electron chi connectivity index (χ4n) is 7.96. The molecule has 3 nitrogen and oxygen atoms in total. The van der Waals surface area contributed by atoms with Gasteiger partial charge in [-0.05, 0) is 25.0 Å². The Balaban J connectivity index is 1.89. The third kappa shape index (κ3) is 35.2. The molecule has 0 unspecified atom stereocenters. The third-order valence-electron chi connectivity index (χ3n) is 11.7. The van der Waals surface area contributed by atoms with E-state index < -0.39 is 0 Å². The number of unbranched alkanes of at least 4 members (excludes halogenated alkanes) is 38. The van der Waals surface area contributed by atoms with Crippen molar-refractivity contribution in [1.29, 1.82) is 0 Å². The van der Waals surface area contributed by atoms with Gasteiger partial charge in [0.15, 0.2) is 0 Å². The van der Waals surface area contributed by atoms with Gasteiger partial charge < -0.3 is 9.47 Å². The lowest BCUT2D eigenvalue weighted by atomic mass is 10.0. The first kappa shape index (κ1) is 50.8. The third-order valence-corrected chi connectivity index (χ3v) is 11.7. The Morgan fingerprint density at radius 1 is 0.333 bits per heavy atom. The Morgan fingerprint density at radius 2 is 0.593 bits per heavy atom. The Kier molecular flexibility index (Phi) is 40.4. The van der Waals surface area contributed by atoms with Crippen molar-refractivity contribution >= 4 is 0 Å². The molecule has 1 rings (SSSR count). The standard InChI is InChI=1S/C51H95O3/c1-3-5-7-9-11-13-15-17-19-21-23-25-27-29-31-33-35-37-39-41-45-53-50-44-43-49(48-52)51(47-50)54-46-42-40-38-36-34-32-30-28-26-24-22-20-18-16-14-12-10-8-6-4-2/h43-44,47H,3-42,45-46,48H2,1-2H3. The number of benzene rings is 1. The van der Waals surface area contributed by atoms with E-state index in [0.29, 0.717) is 6.61 Å². The smallest absolute Gasteiger partial charge is 0.128 e. The SMILES string of the molecule is CCCCCCCCCCCCCCCCCCCCCCOc1ccc(C[O])c(OCCCCCCCCCCCCCCCCCCCCCC)c1. The Hall–Kier alpha value is -1.22. The summed E-state index contributed by atoms with van der Waals surface area (Å²) in [6.07, 6.45) is 55.8. The highest BCUT2D eigenvalue weighted by molar-refractivity contribution is 5.40. The van der Waals surface area contributed by atoms with Crippen molar-refractivity contribution in [1.82, 2.24) is 0 Å². The largest absolute Gasteiger partial charge is 0.493 e. The molecule has 1 aromatic rings. The van der Waals surface area contributed by atoms with Crippen LogP contribution in [0.4, 0.5) is 0 Å². The Bertz CT molecular complexity index is 853. The summed E-state index contributed by atoms with van der Waals surface area (Å²) in [5, 5.41) is 11.7. The van der Waals surface area contributed by atoms with Crippen molar-refractivity contribution in [2.45, 2.75) is 277 Å². The van der Waals surface area contributed by atoms with Gasteiger partial charge in [0.25, 0.3) is 0 Å². The van der Waals surface area contributed by atoms with Crippen LogP contribution in [0, 0.1) is 0 Å². The lowest BCUT2D eigenvalue weighted by Crippen LogP contribution is -2.02. The fraction of sp³-hybridized carbons (Fsp3) is 0.882. The summed E-state index contributed by atoms with van der Waals surface area (Å²) in [4.78, 5) is 0. The second-order valence-corrected chi connectivity index (χ2v) is 17.0. The number of hydrogen-bond donors (Lipinski definition) is 0. The van der Waals surface area contributed by atoms with E-state index in [9.17, 15) is 5.11 Å². The molecule has 1 radical (unpaired) electrons. The zero-order chi connectivity index (χ0) is 38.7. The summed E-state index contributed by atoms with van der Waals surface area (Å²) in [5.41, 5.74) is 0.745. The van der Waals surface area contributed by atoms with Gasteiger partial charge in [0.05, 0.1) is 13.2 Å². The van der Waals surface area contributed by atoms with E-state index in [2.05, 4.69) is 13.8 Å². The lowest BCUT2D eigenvalue weighted by Gasteiger charge is -2.13. The van der Waals surface area contributed by atoms with Crippen LogP contribution in [0.5, 0.6) is 11.5 Å². The molecule has 0 aliphatic heterocycles. The van der Waals surface area contributed by atoms with Gasteiger partial charge in [0, 0.05) is 11.6 Å². The first-order valence-corrected chi connectivity index (χ1v) is 24.8. The summed E-state index contributed by atoms with van der Waals surface area (Å²) in [6.45, 7) is 5.79. The molecule has 0 atom stereocenters. The van der Waals surface area contributed by atoms with E-state index >= 15 is 0 Å². The highest BCUT2D eigenvalue weighted by Crippen LogP contribution is 2.26. The second-order valence-electron chi connectivity index (χ2n) is 17.0. The summed E-state index contributed by atoms with van der Waals surface area (Å²) in [6, 6.07) is 5.78. The number of hydrogen-bond acceptors (Lipinski definition) is 2. The van der Waals surface area contributed by atoms with E-state index in [1.54, 1.807) is 0 Å². The van der Waals surface area contributed by atoms with Crippen LogP contribution in [0.15, 0.2) is 18.2 Å². The van der Waals surface area contributed by atoms with Crippen LogP contribution >= 0.6 is 0 Å². The zero-order valence-corrected chi connectivity index (χ0v) is 36.9. The van der Waals surface area contributed by atoms with Crippen molar-refractivity contribution in [3.05, 3.63) is 23.8 Å². The summed E-state index contributed by atoms with van der Waals surface area (Å²) >= 11 is 0. The van der Waals surface area contributed by atoms with Crippen molar-refractivity contribution in [3.63, 3.8) is 0 Å². The maximum Gasteiger partial charge on any atom is 0.128 e. The van der Waals surface area contributed by atoms with E-state index in [4.69, 9.17) is 9.47 Å². The van der Waals surface area contributed by atoms with Gasteiger partial charge in [0.2, 0.25) is 0 Å². The molecule has 0 aromatic heterocycles. The molecule has 0 aliphatic rings. The molecule has 0 saturated carbocycles. The molecule has 3 heteroatoms. The minimum Gasteiger partial charge on any atom is -0.493 e. The highest BCUT2D eigenvalue weighted by atomic mass is 16.5. The maximum atomic E-state index is 11.7. The zero-order valence-electron chi connectivity index (χ0n) is 36.9. The van der Waals surface area contributed by atoms with E-state index in [1.807, 2.05) is 18.2 Å². The molecule has 0 saturated heterocycles. The minimum absolute atomic E-state index is 0.242. The van der Waals surface area contributed by atoms with Gasteiger partial charge in [-0.1, -0.05) is 258 Å². The van der Waals surface area contributed by atoms with Gasteiger partial charge in [-0.2, -0.15) is 0 Å². The molecule has 0 spiro atoms. The lowest BCUT2D eigenvalue weighted by molar-refractivity contribution is 0.171. The molecule has 0 fully saturated rings. The van der Waals surface area contributed by atoms with E-state index in [1.165, 1.54) is 244 Å². The second kappa shape index (κ2) is 42.9. The maximum absolute atomic E-state index is 11.7. The number of ether oxygens (including phenoxy) is 2. The van der Waals surface area contributed by atoms with Crippen LogP contribution in [0.3, 0.4) is 0 Å². The normalized spacial score (nSPS) is 11.5. The van der Waals surface area contributed by atoms with Crippen LogP contribution in [-0.4, -0.2) is 13.2 Å². The van der Waals surface area contributed by atoms with Crippen LogP contribution in [0.2, 0.25) is 0 Å². The molecular formula is C51H95O3. The Labute approximate surface area is 339 Å². The van der Waals surface area contributed by atoms with Gasteiger partial charge in [0.1, 0.15) is 18.1 Å². The first-order valence-electron chi connectivity index (χ1n) is 24.8. The molecule has 0 aliphatic carbocycles. The monoisotopic (exact) mass is 756 g/mol. The van der Waals surface area contributed by atoms with Crippen molar-refractivity contribution in [2.75, 3.05) is 13.2 Å². The molecule has 0 amide bonds. The molecule has 317 valence electrons. The van der Waals surface area contributed by atoms with Crippen LogP contribution < -0.4 is 9.47 Å². The number of rotatable bonds is 45. The van der Waals surface area contributed by atoms with Gasteiger partial charge in [-0.15, -0.1) is 0 Å². The molecule has 1 aromatic carbocycles. The van der Waals surface area contributed by atoms with Crippen LogP contribution in [0.1, 0.15) is 276 Å². The molecule has 0 N–H and O–H groups in total. The average molecular weight is 756 g/mol. The fourth-order valence-corrected chi connectivity index (χ4v) is 7.96. The average Bonchev–Trinajstić information content (AvgIpc) is 3.19. The summed E-state index contributed by atoms with van der Waals surface area (Å²) in [7, 11) is 0. The van der Waals surface area contributed by atoms with Crippen molar-refractivity contribution in [3.8, 4) is 11.5 Å². The minimum atomic E-state index is -0.242. The molecule has 0 heterocycles. The van der Waals surface area contributed by atoms with Crippen molar-refractivity contribution < 1.29 is 14.6 Å². The van der Waals surface area contributed by atoms with Gasteiger partial charge >= 0.3 is 0 Å². The van der Waals surface area contributed by atoms with Gasteiger partial charge in [-0.25, -0.2) is 5.11 Å².